The van der Waals surface area contributed by atoms with Crippen LogP contribution in [0, 0.1) is 5.41 Å². The molecule has 54 heavy (non-hydrogen) atoms. The topological polar surface area (TPSA) is 114 Å². The van der Waals surface area contributed by atoms with E-state index in [-0.39, 0.29) is 24.7 Å². The summed E-state index contributed by atoms with van der Waals surface area (Å²) in [5, 5.41) is 12.5. The molecule has 1 spiro atoms. The van der Waals surface area contributed by atoms with Gasteiger partial charge in [-0.3, -0.25) is 34.3 Å². The molecule has 10 heteroatoms. The molecule has 0 radical (unpaired) electrons. The Kier molecular flexibility index (Phi) is 7.78. The van der Waals surface area contributed by atoms with Crippen molar-refractivity contribution in [1.29, 1.82) is 0 Å². The first-order valence-corrected chi connectivity index (χ1v) is 19.3. The fraction of sp³-hybridized carbons (Fsp3) is 0.364. The van der Waals surface area contributed by atoms with Crippen molar-refractivity contribution in [3.63, 3.8) is 0 Å². The van der Waals surface area contributed by atoms with E-state index in [1.165, 1.54) is 27.9 Å². The predicted octanol–water partition coefficient (Wildman–Crippen LogP) is 4.79. The van der Waals surface area contributed by atoms with Crippen LogP contribution in [0.1, 0.15) is 85.2 Å². The molecule has 0 aromatic heterocycles. The standard InChI is InChI=1S/C44H43N5O5/c50-33-11-13-35-29(18-33)8-12-34(27-4-2-1-3-5-27)40(35)28-6-9-32(10-7-28)48-25-44(26-48)23-47(24-44)17-16-46-21-30-19-36-37(20-31(30)22-46)43(54)49(42(36)53)38-14-15-39(51)45-41(38)52/h1-7,9-11,13,18-20,34,38,40,50H,8,12,14-17,21-26H2,(H,45,51,52)/t34-,38?,40+/m1/s1. The number of imide groups is 2. The van der Waals surface area contributed by atoms with Gasteiger partial charge in [0.25, 0.3) is 11.8 Å². The number of nitrogens with zero attached hydrogens (tertiary/aromatic N) is 4. The van der Waals surface area contributed by atoms with E-state index in [0.29, 0.717) is 28.2 Å². The van der Waals surface area contributed by atoms with E-state index in [1.54, 1.807) is 0 Å². The average molecular weight is 722 g/mol. The minimum atomic E-state index is -0.944. The van der Waals surface area contributed by atoms with Crippen molar-refractivity contribution in [1.82, 2.24) is 20.0 Å². The number of phenolic OH excluding ortho intramolecular Hbond substituents is 1. The summed E-state index contributed by atoms with van der Waals surface area (Å²) in [4.78, 5) is 59.1. The molecular weight excluding hydrogens is 679 g/mol. The first-order chi connectivity index (χ1) is 26.2. The maximum absolute atomic E-state index is 13.3. The van der Waals surface area contributed by atoms with Gasteiger partial charge in [-0.1, -0.05) is 48.5 Å². The van der Waals surface area contributed by atoms with Gasteiger partial charge in [-0.05, 0) is 95.0 Å². The number of fused-ring (bicyclic) bond motifs is 3. The summed E-state index contributed by atoms with van der Waals surface area (Å²) in [5.74, 6) is -0.876. The van der Waals surface area contributed by atoms with Gasteiger partial charge in [-0.2, -0.15) is 0 Å². The maximum atomic E-state index is 13.3. The quantitative estimate of drug-likeness (QED) is 0.262. The van der Waals surface area contributed by atoms with Gasteiger partial charge >= 0.3 is 0 Å². The number of rotatable bonds is 7. The molecule has 1 aliphatic carbocycles. The third-order valence-electron chi connectivity index (χ3n) is 12.9. The third-order valence-corrected chi connectivity index (χ3v) is 12.9. The van der Waals surface area contributed by atoms with Crippen molar-refractivity contribution in [2.75, 3.05) is 44.2 Å². The second kappa shape index (κ2) is 12.6. The van der Waals surface area contributed by atoms with E-state index in [9.17, 15) is 24.3 Å². The maximum Gasteiger partial charge on any atom is 0.262 e. The molecule has 274 valence electrons. The molecule has 4 aromatic rings. The molecule has 0 bridgehead atoms. The first-order valence-electron chi connectivity index (χ1n) is 19.3. The number of likely N-dealkylation sites (tertiary alicyclic amines) is 1. The van der Waals surface area contributed by atoms with Gasteiger partial charge in [0.15, 0.2) is 0 Å². The zero-order valence-electron chi connectivity index (χ0n) is 30.2. The number of carbonyl (C=O) groups excluding carboxylic acids is 4. The van der Waals surface area contributed by atoms with Gasteiger partial charge in [0.05, 0.1) is 11.1 Å². The number of hydrogen-bond acceptors (Lipinski definition) is 8. The number of benzene rings is 4. The Bertz CT molecular complexity index is 2160. The lowest BCUT2D eigenvalue weighted by atomic mass is 9.69. The Morgan fingerprint density at radius 2 is 1.37 bits per heavy atom. The SMILES string of the molecule is O=C1CCC(N2C(=O)c3cc4c(cc3C2=O)CN(CCN2CC3(C2)CN(c2ccc([C@@H]5c6ccc(O)cc6CC[C@@H]5c5ccccc5)cc2)C3)C4)C(=O)N1. The summed E-state index contributed by atoms with van der Waals surface area (Å²) in [5.41, 5.74) is 9.73. The van der Waals surface area contributed by atoms with Crippen LogP contribution in [0.2, 0.25) is 0 Å². The number of piperidine rings is 1. The summed E-state index contributed by atoms with van der Waals surface area (Å²) in [7, 11) is 0. The molecular formula is C44H43N5O5. The molecule has 4 aromatic carbocycles. The molecule has 2 N–H and O–H groups in total. The van der Waals surface area contributed by atoms with Gasteiger partial charge in [0, 0.05) is 75.8 Å². The normalized spacial score (nSPS) is 24.6. The lowest BCUT2D eigenvalue weighted by Crippen LogP contribution is -2.72. The van der Waals surface area contributed by atoms with E-state index < -0.39 is 23.8 Å². The van der Waals surface area contributed by atoms with Crippen molar-refractivity contribution in [2.45, 2.75) is 56.7 Å². The average Bonchev–Trinajstić information content (AvgIpc) is 3.65. The molecule has 1 unspecified atom stereocenters. The number of anilines is 1. The Morgan fingerprint density at radius 3 is 2.06 bits per heavy atom. The van der Waals surface area contributed by atoms with Crippen LogP contribution in [0.5, 0.6) is 5.75 Å². The van der Waals surface area contributed by atoms with Crippen molar-refractivity contribution in [3.8, 4) is 5.75 Å². The monoisotopic (exact) mass is 721 g/mol. The summed E-state index contributed by atoms with van der Waals surface area (Å²) in [6, 6.07) is 28.7. The third kappa shape index (κ3) is 5.53. The van der Waals surface area contributed by atoms with Crippen LogP contribution in [0.3, 0.4) is 0 Å². The number of hydrogen-bond donors (Lipinski definition) is 2. The smallest absolute Gasteiger partial charge is 0.262 e. The lowest BCUT2D eigenvalue weighted by Gasteiger charge is -2.61. The molecule has 10 nitrogen and oxygen atoms in total. The molecule has 10 rings (SSSR count). The van der Waals surface area contributed by atoms with Crippen LogP contribution < -0.4 is 10.2 Å². The predicted molar refractivity (Wildman–Crippen MR) is 202 cm³/mol. The van der Waals surface area contributed by atoms with E-state index in [1.807, 2.05) is 24.3 Å². The highest BCUT2D eigenvalue weighted by atomic mass is 16.3. The highest BCUT2D eigenvalue weighted by Gasteiger charge is 2.51. The van der Waals surface area contributed by atoms with Crippen molar-refractivity contribution >= 4 is 29.3 Å². The fourth-order valence-corrected chi connectivity index (χ4v) is 10.3. The van der Waals surface area contributed by atoms with Crippen molar-refractivity contribution < 1.29 is 24.3 Å². The van der Waals surface area contributed by atoms with Crippen LogP contribution >= 0.6 is 0 Å². The van der Waals surface area contributed by atoms with Gasteiger partial charge in [0.1, 0.15) is 11.8 Å². The zero-order chi connectivity index (χ0) is 36.7. The minimum absolute atomic E-state index is 0.112. The summed E-state index contributed by atoms with van der Waals surface area (Å²) in [6.45, 7) is 7.69. The van der Waals surface area contributed by atoms with E-state index in [4.69, 9.17) is 0 Å². The van der Waals surface area contributed by atoms with E-state index in [0.717, 1.165) is 81.2 Å². The fourth-order valence-electron chi connectivity index (χ4n) is 10.3. The van der Waals surface area contributed by atoms with Gasteiger partial charge in [-0.25, -0.2) is 0 Å². The summed E-state index contributed by atoms with van der Waals surface area (Å²) in [6.07, 6.45) is 2.30. The summed E-state index contributed by atoms with van der Waals surface area (Å²) < 4.78 is 0. The van der Waals surface area contributed by atoms with E-state index >= 15 is 0 Å². The number of nitrogens with one attached hydrogen (secondary N) is 1. The highest BCUT2D eigenvalue weighted by Crippen LogP contribution is 2.48. The van der Waals surface area contributed by atoms with Crippen molar-refractivity contribution in [3.05, 3.63) is 129 Å². The summed E-state index contributed by atoms with van der Waals surface area (Å²) >= 11 is 0. The van der Waals surface area contributed by atoms with Crippen LogP contribution in [0.4, 0.5) is 5.69 Å². The highest BCUT2D eigenvalue weighted by molar-refractivity contribution is 6.23. The second-order valence-corrected chi connectivity index (χ2v) is 16.4. The van der Waals surface area contributed by atoms with Crippen LogP contribution in [-0.4, -0.2) is 88.7 Å². The molecule has 6 aliphatic rings. The number of amides is 4. The van der Waals surface area contributed by atoms with Gasteiger partial charge in [0.2, 0.25) is 11.8 Å². The molecule has 3 fully saturated rings. The number of carbonyl (C=O) groups is 4. The van der Waals surface area contributed by atoms with E-state index in [2.05, 4.69) is 80.7 Å². The number of aromatic hydroxyl groups is 1. The Hall–Kier alpha value is -5.32. The Labute approximate surface area is 314 Å². The molecule has 5 heterocycles. The molecule has 5 aliphatic heterocycles. The zero-order valence-corrected chi connectivity index (χ0v) is 30.2. The number of phenols is 1. The lowest BCUT2D eigenvalue weighted by molar-refractivity contribution is -0.136. The Morgan fingerprint density at radius 1 is 0.685 bits per heavy atom. The molecule has 0 saturated carbocycles. The van der Waals surface area contributed by atoms with Gasteiger partial charge < -0.3 is 14.9 Å². The number of aryl methyl sites for hydroxylation is 1. The van der Waals surface area contributed by atoms with Crippen LogP contribution in [0.25, 0.3) is 0 Å². The first kappa shape index (κ1) is 33.3. The van der Waals surface area contributed by atoms with Crippen LogP contribution in [0.15, 0.2) is 84.9 Å². The second-order valence-electron chi connectivity index (χ2n) is 16.4. The van der Waals surface area contributed by atoms with Gasteiger partial charge in [-0.15, -0.1) is 0 Å². The van der Waals surface area contributed by atoms with Crippen molar-refractivity contribution in [2.24, 2.45) is 5.41 Å². The Balaban J connectivity index is 0.732. The minimum Gasteiger partial charge on any atom is -0.508 e. The molecule has 3 saturated heterocycles. The largest absolute Gasteiger partial charge is 0.508 e. The van der Waals surface area contributed by atoms with Crippen LogP contribution in [-0.2, 0) is 29.1 Å². The molecule has 3 atom stereocenters. The molecule has 4 amide bonds.